The maximum absolute atomic E-state index is 11.1. The van der Waals surface area contributed by atoms with Crippen LogP contribution >= 0.6 is 0 Å². The van der Waals surface area contributed by atoms with Crippen LogP contribution in [0.5, 0.6) is 11.5 Å². The summed E-state index contributed by atoms with van der Waals surface area (Å²) in [6.07, 6.45) is 5.05. The topological polar surface area (TPSA) is 71.5 Å². The first-order valence-corrected chi connectivity index (χ1v) is 8.29. The summed E-state index contributed by atoms with van der Waals surface area (Å²) in [6.45, 7) is 4.04. The number of hydrogen-bond acceptors (Lipinski definition) is 4. The molecule has 0 bridgehead atoms. The minimum atomic E-state index is -0.957. The number of carboxylic acids is 1. The van der Waals surface area contributed by atoms with Crippen LogP contribution in [0.25, 0.3) is 0 Å². The maximum atomic E-state index is 11.1. The fourth-order valence-electron chi connectivity index (χ4n) is 2.98. The molecule has 0 atom stereocenters. The Balaban J connectivity index is 1.74. The second kappa shape index (κ2) is 7.45. The average molecular weight is 326 g/mol. The third-order valence-electron chi connectivity index (χ3n) is 4.41. The molecule has 0 spiro atoms. The lowest BCUT2D eigenvalue weighted by molar-refractivity contribution is 0.0696. The van der Waals surface area contributed by atoms with Crippen LogP contribution in [0.1, 0.15) is 34.5 Å². The fraction of sp³-hybridized carbons (Fsp3) is 0.368. The number of aromatic nitrogens is 1. The number of nitrogens with one attached hydrogen (secondary N) is 1. The zero-order chi connectivity index (χ0) is 16.9. The Morgan fingerprint density at radius 1 is 1.29 bits per heavy atom. The Hall–Kier alpha value is -2.40. The van der Waals surface area contributed by atoms with Crippen LogP contribution in [-0.2, 0) is 6.42 Å². The predicted octanol–water partition coefficient (Wildman–Crippen LogP) is 3.42. The van der Waals surface area contributed by atoms with Crippen LogP contribution in [-0.4, -0.2) is 29.1 Å². The van der Waals surface area contributed by atoms with Gasteiger partial charge in [-0.05, 0) is 69.0 Å². The Kier molecular flexibility index (Phi) is 5.11. The van der Waals surface area contributed by atoms with Crippen molar-refractivity contribution in [3.63, 3.8) is 0 Å². The summed E-state index contributed by atoms with van der Waals surface area (Å²) in [5.41, 5.74) is 2.14. The summed E-state index contributed by atoms with van der Waals surface area (Å²) >= 11 is 0. The van der Waals surface area contributed by atoms with E-state index in [0.29, 0.717) is 17.4 Å². The van der Waals surface area contributed by atoms with Crippen LogP contribution in [0.3, 0.4) is 0 Å². The molecule has 0 radical (unpaired) electrons. The normalized spacial score (nSPS) is 15.2. The van der Waals surface area contributed by atoms with Gasteiger partial charge in [-0.25, -0.2) is 4.79 Å². The quantitative estimate of drug-likeness (QED) is 0.881. The number of aromatic carboxylic acids is 1. The van der Waals surface area contributed by atoms with E-state index >= 15 is 0 Å². The Bertz CT molecular complexity index is 724. The van der Waals surface area contributed by atoms with E-state index in [-0.39, 0.29) is 5.56 Å². The van der Waals surface area contributed by atoms with Gasteiger partial charge in [0.05, 0.1) is 5.56 Å². The molecular formula is C19H22N2O3. The van der Waals surface area contributed by atoms with Crippen LogP contribution in [0, 0.1) is 12.8 Å². The standard InChI is InChI=1S/C19H22N2O3/c1-13-2-3-15(19(22)23)11-18(13)24-17-6-9-21-16(12-17)10-14-4-7-20-8-5-14/h2-3,6,9,11-12,14,20H,4-5,7-8,10H2,1H3,(H,22,23). The van der Waals surface area contributed by atoms with Crippen molar-refractivity contribution in [2.24, 2.45) is 5.92 Å². The smallest absolute Gasteiger partial charge is 0.335 e. The summed E-state index contributed by atoms with van der Waals surface area (Å²) in [5.74, 6) is 0.959. The summed E-state index contributed by atoms with van der Waals surface area (Å²) in [5, 5.41) is 12.5. The molecule has 1 aliphatic heterocycles. The van der Waals surface area contributed by atoms with E-state index in [4.69, 9.17) is 9.84 Å². The first-order chi connectivity index (χ1) is 11.6. The monoisotopic (exact) mass is 326 g/mol. The second-order valence-corrected chi connectivity index (χ2v) is 6.27. The van der Waals surface area contributed by atoms with Crippen molar-refractivity contribution in [1.29, 1.82) is 0 Å². The molecule has 0 aliphatic carbocycles. The van der Waals surface area contributed by atoms with Crippen LogP contribution in [0.15, 0.2) is 36.5 Å². The van der Waals surface area contributed by atoms with Gasteiger partial charge in [-0.15, -0.1) is 0 Å². The summed E-state index contributed by atoms with van der Waals surface area (Å²) in [4.78, 5) is 15.6. The van der Waals surface area contributed by atoms with Crippen molar-refractivity contribution in [3.05, 3.63) is 53.3 Å². The van der Waals surface area contributed by atoms with Crippen molar-refractivity contribution in [2.75, 3.05) is 13.1 Å². The summed E-state index contributed by atoms with van der Waals surface area (Å²) in [7, 11) is 0. The summed E-state index contributed by atoms with van der Waals surface area (Å²) in [6, 6.07) is 8.66. The van der Waals surface area contributed by atoms with E-state index < -0.39 is 5.97 Å². The molecule has 1 aromatic carbocycles. The maximum Gasteiger partial charge on any atom is 0.335 e. The number of ether oxygens (including phenoxy) is 1. The molecule has 2 aromatic rings. The third-order valence-corrected chi connectivity index (χ3v) is 4.41. The van der Waals surface area contributed by atoms with Crippen LogP contribution in [0.2, 0.25) is 0 Å². The number of nitrogens with zero attached hydrogens (tertiary/aromatic N) is 1. The number of carboxylic acid groups (broad SMARTS) is 1. The van der Waals surface area contributed by atoms with Gasteiger partial charge in [0.15, 0.2) is 0 Å². The number of pyridine rings is 1. The average Bonchev–Trinajstić information content (AvgIpc) is 2.58. The third kappa shape index (κ3) is 4.11. The molecule has 5 heteroatoms. The predicted molar refractivity (Wildman–Crippen MR) is 91.7 cm³/mol. The number of benzene rings is 1. The van der Waals surface area contributed by atoms with Gasteiger partial charge in [0.2, 0.25) is 0 Å². The molecule has 2 N–H and O–H groups in total. The molecule has 0 saturated carbocycles. The Morgan fingerprint density at radius 3 is 2.83 bits per heavy atom. The molecule has 0 unspecified atom stereocenters. The second-order valence-electron chi connectivity index (χ2n) is 6.27. The molecule has 126 valence electrons. The zero-order valence-electron chi connectivity index (χ0n) is 13.8. The van der Waals surface area contributed by atoms with Crippen molar-refractivity contribution in [1.82, 2.24) is 10.3 Å². The first kappa shape index (κ1) is 16.5. The molecule has 2 heterocycles. The molecule has 0 amide bonds. The van der Waals surface area contributed by atoms with Gasteiger partial charge in [0, 0.05) is 18.0 Å². The fourth-order valence-corrected chi connectivity index (χ4v) is 2.98. The first-order valence-electron chi connectivity index (χ1n) is 8.29. The lowest BCUT2D eigenvalue weighted by atomic mass is 9.93. The molecular weight excluding hydrogens is 304 g/mol. The minimum absolute atomic E-state index is 0.222. The number of piperidine rings is 1. The Morgan fingerprint density at radius 2 is 2.08 bits per heavy atom. The number of aryl methyl sites for hydroxylation is 1. The highest BCUT2D eigenvalue weighted by Gasteiger charge is 2.15. The largest absolute Gasteiger partial charge is 0.478 e. The van der Waals surface area contributed by atoms with Crippen LogP contribution in [0.4, 0.5) is 0 Å². The van der Waals surface area contributed by atoms with Crippen molar-refractivity contribution >= 4 is 5.97 Å². The molecule has 5 nitrogen and oxygen atoms in total. The van der Waals surface area contributed by atoms with Gasteiger partial charge in [0.1, 0.15) is 11.5 Å². The van der Waals surface area contributed by atoms with E-state index in [1.165, 1.54) is 12.8 Å². The minimum Gasteiger partial charge on any atom is -0.478 e. The zero-order valence-corrected chi connectivity index (χ0v) is 13.8. The number of rotatable bonds is 5. The van der Waals surface area contributed by atoms with E-state index in [1.807, 2.05) is 13.0 Å². The highest BCUT2D eigenvalue weighted by molar-refractivity contribution is 5.88. The lowest BCUT2D eigenvalue weighted by Crippen LogP contribution is -2.28. The van der Waals surface area contributed by atoms with Gasteiger partial charge >= 0.3 is 5.97 Å². The van der Waals surface area contributed by atoms with E-state index in [9.17, 15) is 4.79 Å². The Labute approximate surface area is 141 Å². The van der Waals surface area contributed by atoms with Gasteiger partial charge in [0.25, 0.3) is 0 Å². The molecule has 3 rings (SSSR count). The highest BCUT2D eigenvalue weighted by atomic mass is 16.5. The van der Waals surface area contributed by atoms with Gasteiger partial charge < -0.3 is 15.2 Å². The van der Waals surface area contributed by atoms with Gasteiger partial charge in [-0.1, -0.05) is 6.07 Å². The molecule has 1 aromatic heterocycles. The van der Waals surface area contributed by atoms with Crippen molar-refractivity contribution in [2.45, 2.75) is 26.2 Å². The lowest BCUT2D eigenvalue weighted by Gasteiger charge is -2.22. The van der Waals surface area contributed by atoms with E-state index in [1.54, 1.807) is 30.5 Å². The SMILES string of the molecule is Cc1ccc(C(=O)O)cc1Oc1ccnc(CC2CCNCC2)c1. The molecule has 1 saturated heterocycles. The molecule has 1 aliphatic rings. The number of hydrogen-bond donors (Lipinski definition) is 2. The highest BCUT2D eigenvalue weighted by Crippen LogP contribution is 2.27. The van der Waals surface area contributed by atoms with Crippen molar-refractivity contribution < 1.29 is 14.6 Å². The summed E-state index contributed by atoms with van der Waals surface area (Å²) < 4.78 is 5.91. The number of carbonyl (C=O) groups is 1. The van der Waals surface area contributed by atoms with E-state index in [2.05, 4.69) is 10.3 Å². The molecule has 24 heavy (non-hydrogen) atoms. The van der Waals surface area contributed by atoms with E-state index in [0.717, 1.165) is 30.8 Å². The molecule has 1 fully saturated rings. The van der Waals surface area contributed by atoms with Gasteiger partial charge in [-0.3, -0.25) is 4.98 Å². The van der Waals surface area contributed by atoms with Gasteiger partial charge in [-0.2, -0.15) is 0 Å². The van der Waals surface area contributed by atoms with Crippen LogP contribution < -0.4 is 10.1 Å². The van der Waals surface area contributed by atoms with Crippen molar-refractivity contribution in [3.8, 4) is 11.5 Å².